The number of carbonyl (C=O) groups is 2. The number of Topliss-reactive ketones (excluding diaryl/α,β-unsaturated/α-hetero) is 1. The first-order valence-corrected chi connectivity index (χ1v) is 5.97. The summed E-state index contributed by atoms with van der Waals surface area (Å²) in [6.45, 7) is 0. The number of anilines is 1. The van der Waals surface area contributed by atoms with Gasteiger partial charge in [-0.25, -0.2) is 0 Å². The quantitative estimate of drug-likeness (QED) is 0.624. The van der Waals surface area contributed by atoms with Gasteiger partial charge in [0.25, 0.3) is 5.91 Å². The zero-order valence-corrected chi connectivity index (χ0v) is 10.1. The van der Waals surface area contributed by atoms with E-state index in [1.807, 2.05) is 30.3 Å². The molecule has 0 saturated heterocycles. The largest absolute Gasteiger partial charge is 0.321 e. The molecule has 92 valence electrons. The smallest absolute Gasteiger partial charge is 0.259 e. The molecular formula is C16H11NO2. The maximum absolute atomic E-state index is 12.3. The number of benzene rings is 2. The van der Waals surface area contributed by atoms with Crippen molar-refractivity contribution in [1.29, 1.82) is 0 Å². The van der Waals surface area contributed by atoms with Crippen LogP contribution in [0.2, 0.25) is 0 Å². The Bertz CT molecular complexity index is 687. The van der Waals surface area contributed by atoms with Crippen molar-refractivity contribution in [3.63, 3.8) is 0 Å². The summed E-state index contributed by atoms with van der Waals surface area (Å²) >= 11 is 0. The van der Waals surface area contributed by atoms with Gasteiger partial charge in [0.1, 0.15) is 0 Å². The first-order chi connectivity index (χ1) is 9.25. The van der Waals surface area contributed by atoms with Crippen molar-refractivity contribution < 1.29 is 9.59 Å². The third-order valence-corrected chi connectivity index (χ3v) is 3.02. The molecule has 3 rings (SSSR count). The summed E-state index contributed by atoms with van der Waals surface area (Å²) in [5, 5.41) is 2.73. The van der Waals surface area contributed by atoms with E-state index in [-0.39, 0.29) is 17.3 Å². The highest BCUT2D eigenvalue weighted by Crippen LogP contribution is 2.25. The summed E-state index contributed by atoms with van der Waals surface area (Å²) in [7, 11) is 0. The summed E-state index contributed by atoms with van der Waals surface area (Å²) in [6.07, 6.45) is 1.62. The summed E-state index contributed by atoms with van der Waals surface area (Å²) in [4.78, 5) is 24.3. The molecule has 0 fully saturated rings. The Labute approximate surface area is 110 Å². The minimum Gasteiger partial charge on any atom is -0.321 e. The van der Waals surface area contributed by atoms with Crippen LogP contribution in [0.1, 0.15) is 15.9 Å². The van der Waals surface area contributed by atoms with Gasteiger partial charge in [-0.3, -0.25) is 9.59 Å². The molecule has 0 aromatic heterocycles. The van der Waals surface area contributed by atoms with Gasteiger partial charge in [0.15, 0.2) is 0 Å². The lowest BCUT2D eigenvalue weighted by molar-refractivity contribution is -0.112. The molecule has 2 aromatic carbocycles. The van der Waals surface area contributed by atoms with Crippen LogP contribution in [0.15, 0.2) is 60.2 Å². The Morgan fingerprint density at radius 1 is 0.842 bits per heavy atom. The van der Waals surface area contributed by atoms with E-state index in [1.54, 1.807) is 30.3 Å². The lowest BCUT2D eigenvalue weighted by atomic mass is 9.95. The van der Waals surface area contributed by atoms with Gasteiger partial charge in [0, 0.05) is 5.56 Å². The van der Waals surface area contributed by atoms with Gasteiger partial charge in [-0.05, 0) is 23.8 Å². The molecule has 19 heavy (non-hydrogen) atoms. The van der Waals surface area contributed by atoms with Crippen molar-refractivity contribution in [1.82, 2.24) is 0 Å². The topological polar surface area (TPSA) is 46.2 Å². The number of rotatable bonds is 1. The van der Waals surface area contributed by atoms with Crippen LogP contribution in [0.4, 0.5) is 5.69 Å². The fourth-order valence-corrected chi connectivity index (χ4v) is 2.07. The van der Waals surface area contributed by atoms with Gasteiger partial charge < -0.3 is 5.32 Å². The number of amides is 1. The van der Waals surface area contributed by atoms with Gasteiger partial charge in [0.2, 0.25) is 5.78 Å². The highest BCUT2D eigenvalue weighted by molar-refractivity contribution is 6.36. The van der Waals surface area contributed by atoms with Crippen molar-refractivity contribution in [3.8, 4) is 0 Å². The van der Waals surface area contributed by atoms with E-state index in [4.69, 9.17) is 0 Å². The first kappa shape index (κ1) is 11.4. The summed E-state index contributed by atoms with van der Waals surface area (Å²) in [6, 6.07) is 16.4. The van der Waals surface area contributed by atoms with Crippen molar-refractivity contribution in [2.45, 2.75) is 0 Å². The molecule has 0 bridgehead atoms. The molecular weight excluding hydrogens is 238 g/mol. The average molecular weight is 249 g/mol. The molecule has 0 aliphatic carbocycles. The number of para-hydroxylation sites is 1. The van der Waals surface area contributed by atoms with Gasteiger partial charge in [0.05, 0.1) is 11.3 Å². The number of ketones is 1. The molecule has 1 amide bonds. The Kier molecular flexibility index (Phi) is 2.72. The molecule has 1 heterocycles. The summed E-state index contributed by atoms with van der Waals surface area (Å²) in [5.41, 5.74) is 2.11. The van der Waals surface area contributed by atoms with Crippen LogP contribution in [0.5, 0.6) is 0 Å². The molecule has 1 N–H and O–H groups in total. The number of hydrogen-bond acceptors (Lipinski definition) is 2. The Morgan fingerprint density at radius 3 is 2.32 bits per heavy atom. The number of fused-ring (bicyclic) bond motifs is 1. The van der Waals surface area contributed by atoms with Crippen LogP contribution in [0, 0.1) is 0 Å². The third kappa shape index (κ3) is 2.06. The van der Waals surface area contributed by atoms with E-state index < -0.39 is 0 Å². The van der Waals surface area contributed by atoms with E-state index in [0.717, 1.165) is 5.56 Å². The molecule has 0 radical (unpaired) electrons. The number of carbonyl (C=O) groups excluding carboxylic acids is 2. The Morgan fingerprint density at radius 2 is 1.53 bits per heavy atom. The van der Waals surface area contributed by atoms with E-state index in [0.29, 0.717) is 11.3 Å². The first-order valence-electron chi connectivity index (χ1n) is 5.97. The predicted molar refractivity (Wildman–Crippen MR) is 73.8 cm³/mol. The van der Waals surface area contributed by atoms with Crippen LogP contribution in [-0.4, -0.2) is 11.7 Å². The molecule has 2 aromatic rings. The van der Waals surface area contributed by atoms with Crippen LogP contribution >= 0.6 is 0 Å². The molecule has 3 heteroatoms. The molecule has 1 aliphatic rings. The van der Waals surface area contributed by atoms with E-state index in [1.165, 1.54) is 0 Å². The van der Waals surface area contributed by atoms with Crippen molar-refractivity contribution in [2.75, 3.05) is 5.32 Å². The molecule has 0 spiro atoms. The maximum atomic E-state index is 12.3. The van der Waals surface area contributed by atoms with E-state index in [9.17, 15) is 9.59 Å². The molecule has 3 nitrogen and oxygen atoms in total. The minimum absolute atomic E-state index is 0.171. The van der Waals surface area contributed by atoms with Gasteiger partial charge in [-0.2, -0.15) is 0 Å². The maximum Gasteiger partial charge on any atom is 0.259 e. The van der Waals surface area contributed by atoms with Crippen LogP contribution in [0.25, 0.3) is 6.08 Å². The highest BCUT2D eigenvalue weighted by Gasteiger charge is 2.27. The van der Waals surface area contributed by atoms with E-state index in [2.05, 4.69) is 5.32 Å². The predicted octanol–water partition coefficient (Wildman–Crippen LogP) is 2.91. The van der Waals surface area contributed by atoms with Crippen molar-refractivity contribution >= 4 is 23.5 Å². The molecule has 0 unspecified atom stereocenters. The van der Waals surface area contributed by atoms with Crippen LogP contribution < -0.4 is 5.32 Å². The summed E-state index contributed by atoms with van der Waals surface area (Å²) in [5.74, 6) is -0.587. The van der Waals surface area contributed by atoms with Crippen molar-refractivity contribution in [2.24, 2.45) is 0 Å². The normalized spacial score (nSPS) is 16.1. The molecule has 0 saturated carbocycles. The van der Waals surface area contributed by atoms with Gasteiger partial charge >= 0.3 is 0 Å². The summed E-state index contributed by atoms with van der Waals surface area (Å²) < 4.78 is 0. The second-order valence-corrected chi connectivity index (χ2v) is 4.30. The molecule has 0 atom stereocenters. The number of hydrogen-bond donors (Lipinski definition) is 1. The SMILES string of the molecule is O=C1Nc2ccccc2C(=O)/C1=C\c1ccccc1. The molecule has 1 aliphatic heterocycles. The van der Waals surface area contributed by atoms with Gasteiger partial charge in [-0.15, -0.1) is 0 Å². The fourth-order valence-electron chi connectivity index (χ4n) is 2.07. The van der Waals surface area contributed by atoms with Crippen LogP contribution in [0.3, 0.4) is 0 Å². The second kappa shape index (κ2) is 4.53. The Hall–Kier alpha value is -2.68. The zero-order chi connectivity index (χ0) is 13.2. The average Bonchev–Trinajstić information content (AvgIpc) is 2.45. The lowest BCUT2D eigenvalue weighted by Crippen LogP contribution is -2.27. The Balaban J connectivity index is 2.07. The third-order valence-electron chi connectivity index (χ3n) is 3.02. The lowest BCUT2D eigenvalue weighted by Gasteiger charge is -2.17. The monoisotopic (exact) mass is 249 g/mol. The highest BCUT2D eigenvalue weighted by atomic mass is 16.2. The van der Waals surface area contributed by atoms with Crippen LogP contribution in [-0.2, 0) is 4.79 Å². The second-order valence-electron chi connectivity index (χ2n) is 4.30. The van der Waals surface area contributed by atoms with Crippen molar-refractivity contribution in [3.05, 3.63) is 71.3 Å². The standard InChI is InChI=1S/C16H11NO2/c18-15-12-8-4-5-9-14(12)17-16(19)13(15)10-11-6-2-1-3-7-11/h1-10H,(H,17,19)/b13-10+. The fraction of sp³-hybridized carbons (Fsp3) is 0. The zero-order valence-electron chi connectivity index (χ0n) is 10.1. The number of nitrogens with one attached hydrogen (secondary N) is 1. The minimum atomic E-state index is -0.354. The van der Waals surface area contributed by atoms with E-state index >= 15 is 0 Å². The van der Waals surface area contributed by atoms with Gasteiger partial charge in [-0.1, -0.05) is 42.5 Å².